The summed E-state index contributed by atoms with van der Waals surface area (Å²) in [5.41, 5.74) is 4.51. The molecular formula is C24H26N4O2. The molecule has 6 nitrogen and oxygen atoms in total. The molecule has 2 aromatic carbocycles. The lowest BCUT2D eigenvalue weighted by molar-refractivity contribution is 0.0777. The zero-order valence-electron chi connectivity index (χ0n) is 17.3. The lowest BCUT2D eigenvalue weighted by atomic mass is 9.97. The van der Waals surface area contributed by atoms with Crippen molar-refractivity contribution >= 4 is 27.7 Å². The molecule has 0 aliphatic carbocycles. The topological polar surface area (TPSA) is 73.9 Å². The smallest absolute Gasteiger partial charge is 0.326 e. The Morgan fingerprint density at radius 1 is 1.00 bits per heavy atom. The summed E-state index contributed by atoms with van der Waals surface area (Å²) in [6, 6.07) is 15.8. The van der Waals surface area contributed by atoms with Crippen LogP contribution < -0.4 is 5.69 Å². The Hall–Kier alpha value is -3.12. The van der Waals surface area contributed by atoms with Gasteiger partial charge in [-0.15, -0.1) is 0 Å². The monoisotopic (exact) mass is 402 g/mol. The number of ketones is 1. The van der Waals surface area contributed by atoms with E-state index in [1.54, 1.807) is 0 Å². The number of carbonyl (C=O) groups is 1. The number of benzene rings is 2. The standard InChI is InChI=1S/C24H26N4O2/c1-15-22(18-7-3-4-8-19(18)25-15)23(29)16(2)27-13-11-17(12-14-27)28-21-10-6-5-9-20(21)26-24(28)30/h3-10,16-17,25H,11-14H2,1-2H3,(H,26,30)/t16-/m1/s1. The number of fused-ring (bicyclic) bond motifs is 2. The SMILES string of the molecule is Cc1[nH]c2ccccc2c1C(=O)[C@@H](C)N1CCC(n2c(=O)[nH]c3ccccc32)CC1. The Kier molecular flexibility index (Phi) is 4.59. The highest BCUT2D eigenvalue weighted by molar-refractivity contribution is 6.11. The number of hydrogen-bond acceptors (Lipinski definition) is 3. The summed E-state index contributed by atoms with van der Waals surface area (Å²) in [4.78, 5) is 34.4. The molecule has 0 bridgehead atoms. The number of piperidine rings is 1. The third-order valence-electron chi connectivity index (χ3n) is 6.56. The van der Waals surface area contributed by atoms with Crippen molar-refractivity contribution in [3.05, 3.63) is 70.3 Å². The number of H-pyrrole nitrogens is 2. The van der Waals surface area contributed by atoms with Gasteiger partial charge in [0.25, 0.3) is 0 Å². The van der Waals surface area contributed by atoms with Gasteiger partial charge in [-0.25, -0.2) is 4.79 Å². The van der Waals surface area contributed by atoms with Crippen LogP contribution in [0.25, 0.3) is 21.9 Å². The van der Waals surface area contributed by atoms with Crippen molar-refractivity contribution in [3.8, 4) is 0 Å². The molecule has 2 N–H and O–H groups in total. The number of rotatable bonds is 4. The van der Waals surface area contributed by atoms with Gasteiger partial charge >= 0.3 is 5.69 Å². The van der Waals surface area contributed by atoms with Crippen LogP contribution in [0.5, 0.6) is 0 Å². The molecule has 0 spiro atoms. The predicted octanol–water partition coefficient (Wildman–Crippen LogP) is 4.03. The van der Waals surface area contributed by atoms with E-state index in [1.165, 1.54) is 0 Å². The maximum absolute atomic E-state index is 13.4. The van der Waals surface area contributed by atoms with Crippen molar-refractivity contribution in [2.24, 2.45) is 0 Å². The molecule has 0 radical (unpaired) electrons. The van der Waals surface area contributed by atoms with Gasteiger partial charge in [0.05, 0.1) is 17.1 Å². The second-order valence-corrected chi connectivity index (χ2v) is 8.30. The molecule has 154 valence electrons. The first kappa shape index (κ1) is 18.9. The number of aryl methyl sites for hydroxylation is 1. The number of Topliss-reactive ketones (excluding diaryl/α,β-unsaturated/α-hetero) is 1. The van der Waals surface area contributed by atoms with Gasteiger partial charge in [-0.2, -0.15) is 0 Å². The highest BCUT2D eigenvalue weighted by Gasteiger charge is 2.30. The molecule has 0 saturated carbocycles. The molecule has 1 fully saturated rings. The van der Waals surface area contributed by atoms with Gasteiger partial charge in [-0.3, -0.25) is 14.3 Å². The minimum Gasteiger partial charge on any atom is -0.358 e. The summed E-state index contributed by atoms with van der Waals surface area (Å²) in [5.74, 6) is 0.160. The average molecular weight is 402 g/mol. The fraction of sp³-hybridized carbons (Fsp3) is 0.333. The lowest BCUT2D eigenvalue weighted by Gasteiger charge is -2.35. The van der Waals surface area contributed by atoms with Crippen molar-refractivity contribution in [1.29, 1.82) is 0 Å². The first-order chi connectivity index (χ1) is 14.5. The third kappa shape index (κ3) is 2.99. The predicted molar refractivity (Wildman–Crippen MR) is 119 cm³/mol. The molecule has 1 atom stereocenters. The number of nitrogens with one attached hydrogen (secondary N) is 2. The molecule has 1 saturated heterocycles. The summed E-state index contributed by atoms with van der Waals surface area (Å²) >= 11 is 0. The third-order valence-corrected chi connectivity index (χ3v) is 6.56. The Balaban J connectivity index is 1.35. The molecule has 0 unspecified atom stereocenters. The van der Waals surface area contributed by atoms with Crippen molar-refractivity contribution in [2.45, 2.75) is 38.8 Å². The van der Waals surface area contributed by atoms with E-state index in [0.717, 1.165) is 59.1 Å². The largest absolute Gasteiger partial charge is 0.358 e. The van der Waals surface area contributed by atoms with Gasteiger partial charge in [0.15, 0.2) is 5.78 Å². The first-order valence-corrected chi connectivity index (χ1v) is 10.6. The van der Waals surface area contributed by atoms with Gasteiger partial charge < -0.3 is 9.97 Å². The molecule has 30 heavy (non-hydrogen) atoms. The number of aromatic nitrogens is 3. The zero-order valence-corrected chi connectivity index (χ0v) is 17.3. The number of aromatic amines is 2. The zero-order chi connectivity index (χ0) is 20.8. The second-order valence-electron chi connectivity index (χ2n) is 8.30. The summed E-state index contributed by atoms with van der Waals surface area (Å²) < 4.78 is 1.89. The summed E-state index contributed by atoms with van der Waals surface area (Å²) in [6.45, 7) is 5.56. The van der Waals surface area contributed by atoms with Crippen LogP contribution in [0.1, 0.15) is 41.9 Å². The molecule has 1 aliphatic rings. The van der Waals surface area contributed by atoms with Crippen LogP contribution in [0, 0.1) is 6.92 Å². The molecule has 5 rings (SSSR count). The molecule has 0 amide bonds. The molecule has 4 aromatic rings. The first-order valence-electron chi connectivity index (χ1n) is 10.6. The van der Waals surface area contributed by atoms with E-state index >= 15 is 0 Å². The molecule has 3 heterocycles. The lowest BCUT2D eigenvalue weighted by Crippen LogP contribution is -2.45. The Morgan fingerprint density at radius 3 is 2.43 bits per heavy atom. The summed E-state index contributed by atoms with van der Waals surface area (Å²) in [7, 11) is 0. The van der Waals surface area contributed by atoms with Crippen LogP contribution in [-0.2, 0) is 0 Å². The molecule has 2 aromatic heterocycles. The van der Waals surface area contributed by atoms with Crippen molar-refractivity contribution in [2.75, 3.05) is 13.1 Å². The van der Waals surface area contributed by atoms with E-state index in [1.807, 2.05) is 66.9 Å². The Morgan fingerprint density at radius 2 is 1.67 bits per heavy atom. The van der Waals surface area contributed by atoms with E-state index in [9.17, 15) is 9.59 Å². The Bertz CT molecular complexity index is 1290. The maximum atomic E-state index is 13.4. The molecular weight excluding hydrogens is 376 g/mol. The summed E-state index contributed by atoms with van der Waals surface area (Å²) in [6.07, 6.45) is 1.71. The van der Waals surface area contributed by atoms with Crippen molar-refractivity contribution in [1.82, 2.24) is 19.4 Å². The number of para-hydroxylation sites is 3. The van der Waals surface area contributed by atoms with E-state index in [2.05, 4.69) is 14.9 Å². The number of hydrogen-bond donors (Lipinski definition) is 2. The normalized spacial score (nSPS) is 17.0. The van der Waals surface area contributed by atoms with Crippen LogP contribution in [-0.4, -0.2) is 44.3 Å². The van der Waals surface area contributed by atoms with Crippen LogP contribution >= 0.6 is 0 Å². The van der Waals surface area contributed by atoms with Crippen LogP contribution in [0.4, 0.5) is 0 Å². The molecule has 1 aliphatic heterocycles. The van der Waals surface area contributed by atoms with Gasteiger partial charge in [-0.1, -0.05) is 30.3 Å². The van der Waals surface area contributed by atoms with Gasteiger partial charge in [0.2, 0.25) is 0 Å². The second kappa shape index (κ2) is 7.29. The van der Waals surface area contributed by atoms with Gasteiger partial charge in [0.1, 0.15) is 0 Å². The minimum absolute atomic E-state index is 0.0480. The van der Waals surface area contributed by atoms with Crippen LogP contribution in [0.15, 0.2) is 53.3 Å². The highest BCUT2D eigenvalue weighted by Crippen LogP contribution is 2.28. The van der Waals surface area contributed by atoms with Crippen LogP contribution in [0.3, 0.4) is 0 Å². The number of imidazole rings is 1. The number of likely N-dealkylation sites (tertiary alicyclic amines) is 1. The van der Waals surface area contributed by atoms with E-state index in [-0.39, 0.29) is 23.6 Å². The van der Waals surface area contributed by atoms with E-state index in [0.29, 0.717) is 0 Å². The summed E-state index contributed by atoms with van der Waals surface area (Å²) in [5, 5.41) is 0.993. The fourth-order valence-corrected chi connectivity index (χ4v) is 4.94. The highest BCUT2D eigenvalue weighted by atomic mass is 16.1. The van der Waals surface area contributed by atoms with Crippen molar-refractivity contribution in [3.63, 3.8) is 0 Å². The van der Waals surface area contributed by atoms with Gasteiger partial charge in [-0.05, 0) is 44.9 Å². The van der Waals surface area contributed by atoms with E-state index in [4.69, 9.17) is 0 Å². The minimum atomic E-state index is -0.191. The maximum Gasteiger partial charge on any atom is 0.326 e. The average Bonchev–Trinajstić information content (AvgIpc) is 3.28. The quantitative estimate of drug-likeness (QED) is 0.506. The van der Waals surface area contributed by atoms with Gasteiger partial charge in [0, 0.05) is 41.3 Å². The molecule has 6 heteroatoms. The van der Waals surface area contributed by atoms with E-state index < -0.39 is 0 Å². The van der Waals surface area contributed by atoms with Crippen LogP contribution in [0.2, 0.25) is 0 Å². The fourth-order valence-electron chi connectivity index (χ4n) is 4.94. The number of nitrogens with zero attached hydrogens (tertiary/aromatic N) is 2. The van der Waals surface area contributed by atoms with Crippen molar-refractivity contribution < 1.29 is 4.79 Å². The number of carbonyl (C=O) groups excluding carboxylic acids is 1. The Labute approximate surface area is 174 Å².